The molecule has 2 N–H and O–H groups in total. The third kappa shape index (κ3) is 5.18. The van der Waals surface area contributed by atoms with Crippen molar-refractivity contribution in [1.29, 1.82) is 0 Å². The number of carbonyl (C=O) groups excluding carboxylic acids is 1. The minimum Gasteiger partial charge on any atom is -0.493 e. The van der Waals surface area contributed by atoms with Gasteiger partial charge in [-0.05, 0) is 71.6 Å². The molecule has 10 heteroatoms. The maximum atomic E-state index is 13.7. The van der Waals surface area contributed by atoms with Gasteiger partial charge in [0.15, 0.2) is 11.5 Å². The van der Waals surface area contributed by atoms with E-state index >= 15 is 0 Å². The number of nitrogens with zero attached hydrogens (tertiary/aromatic N) is 3. The number of allylic oxidation sites excluding steroid dienone is 1. The summed E-state index contributed by atoms with van der Waals surface area (Å²) in [6.45, 7) is 5.99. The number of amides is 1. The van der Waals surface area contributed by atoms with Gasteiger partial charge in [-0.25, -0.2) is 4.68 Å². The van der Waals surface area contributed by atoms with Crippen LogP contribution in [0.15, 0.2) is 57.3 Å². The number of thioether (sulfide) groups is 1. The maximum Gasteiger partial charge on any atom is 0.255 e. The summed E-state index contributed by atoms with van der Waals surface area (Å²) < 4.78 is 13.6. The predicted octanol–water partition coefficient (Wildman–Crippen LogP) is 5.80. The summed E-state index contributed by atoms with van der Waals surface area (Å²) in [5.74, 6) is 2.40. The topological polar surface area (TPSA) is 90.3 Å². The van der Waals surface area contributed by atoms with E-state index in [4.69, 9.17) is 14.6 Å². The van der Waals surface area contributed by atoms with Gasteiger partial charge in [0.25, 0.3) is 5.91 Å². The van der Waals surface area contributed by atoms with E-state index in [-0.39, 0.29) is 5.91 Å². The third-order valence-electron chi connectivity index (χ3n) is 5.56. The second-order valence-electron chi connectivity index (χ2n) is 8.14. The minimum absolute atomic E-state index is 0.222. The average molecular weight is 559 g/mol. The molecule has 0 bridgehead atoms. The van der Waals surface area contributed by atoms with Crippen LogP contribution in [0.3, 0.4) is 0 Å². The van der Waals surface area contributed by atoms with Crippen LogP contribution in [0.25, 0.3) is 0 Å². The number of hydrogen-bond acceptors (Lipinski definition) is 7. The normalized spacial score (nSPS) is 14.9. The average Bonchev–Trinajstić information content (AvgIpc) is 3.23. The number of aromatic nitrogens is 3. The zero-order chi connectivity index (χ0) is 25.1. The lowest BCUT2D eigenvalue weighted by atomic mass is 9.94. The van der Waals surface area contributed by atoms with Gasteiger partial charge in [0.2, 0.25) is 11.1 Å². The number of rotatable bonds is 8. The van der Waals surface area contributed by atoms with Crippen molar-refractivity contribution in [3.05, 3.63) is 63.3 Å². The van der Waals surface area contributed by atoms with Crippen molar-refractivity contribution in [1.82, 2.24) is 14.8 Å². The molecule has 1 aromatic heterocycles. The van der Waals surface area contributed by atoms with Gasteiger partial charge in [-0.2, -0.15) is 4.98 Å². The number of ether oxygens (including phenoxy) is 2. The molecule has 0 aliphatic carbocycles. The Kier molecular flexibility index (Phi) is 7.71. The molecule has 2 heterocycles. The van der Waals surface area contributed by atoms with Gasteiger partial charge in [-0.3, -0.25) is 4.79 Å². The summed E-state index contributed by atoms with van der Waals surface area (Å²) in [4.78, 5) is 18.4. The standard InChI is InChI=1S/C25H28BrN5O3S/c1-6-10-35-25-29-24-27-15(3)20(23(32)28-17-9-7-8-14(2)11-17)21(31(24)30-25)16-12-18(26)22(34-5)19(13-16)33-4/h7-9,11-13,21H,6,10H2,1-5H3,(H,28,32)(H,27,29,30). The van der Waals surface area contributed by atoms with Crippen molar-refractivity contribution in [2.75, 3.05) is 30.6 Å². The Balaban J connectivity index is 1.83. The molecule has 0 spiro atoms. The fourth-order valence-corrected chi connectivity index (χ4v) is 5.31. The van der Waals surface area contributed by atoms with Crippen molar-refractivity contribution in [2.45, 2.75) is 38.4 Å². The molecular formula is C25H28BrN5O3S. The number of fused-ring (bicyclic) bond motifs is 1. The quantitative estimate of drug-likeness (QED) is 0.338. The Morgan fingerprint density at radius 3 is 2.71 bits per heavy atom. The van der Waals surface area contributed by atoms with Gasteiger partial charge < -0.3 is 20.1 Å². The van der Waals surface area contributed by atoms with Crippen LogP contribution in [0.5, 0.6) is 11.5 Å². The molecule has 1 aliphatic heterocycles. The van der Waals surface area contributed by atoms with E-state index in [0.29, 0.717) is 38.3 Å². The Morgan fingerprint density at radius 2 is 2.03 bits per heavy atom. The molecule has 0 saturated heterocycles. The molecule has 35 heavy (non-hydrogen) atoms. The molecule has 0 radical (unpaired) electrons. The Labute approximate surface area is 217 Å². The van der Waals surface area contributed by atoms with Crippen LogP contribution >= 0.6 is 27.7 Å². The molecule has 4 rings (SSSR count). The number of anilines is 2. The van der Waals surface area contributed by atoms with Crippen LogP contribution in [-0.4, -0.2) is 40.6 Å². The zero-order valence-electron chi connectivity index (χ0n) is 20.3. The van der Waals surface area contributed by atoms with Crippen molar-refractivity contribution in [3.63, 3.8) is 0 Å². The highest BCUT2D eigenvalue weighted by Gasteiger charge is 2.35. The fourth-order valence-electron chi connectivity index (χ4n) is 4.01. The van der Waals surface area contributed by atoms with Gasteiger partial charge in [0, 0.05) is 17.1 Å². The zero-order valence-corrected chi connectivity index (χ0v) is 22.7. The molecule has 0 fully saturated rings. The van der Waals surface area contributed by atoms with Crippen LogP contribution in [0, 0.1) is 6.92 Å². The largest absolute Gasteiger partial charge is 0.493 e. The molecule has 184 valence electrons. The molecule has 1 unspecified atom stereocenters. The van der Waals surface area contributed by atoms with E-state index in [0.717, 1.165) is 29.0 Å². The van der Waals surface area contributed by atoms with E-state index < -0.39 is 6.04 Å². The third-order valence-corrected chi connectivity index (χ3v) is 7.19. The van der Waals surface area contributed by atoms with Crippen LogP contribution in [0.2, 0.25) is 0 Å². The van der Waals surface area contributed by atoms with Crippen LogP contribution < -0.4 is 20.1 Å². The molecule has 1 amide bonds. The fraction of sp³-hybridized carbons (Fsp3) is 0.320. The van der Waals surface area contributed by atoms with Gasteiger partial charge >= 0.3 is 0 Å². The second kappa shape index (κ2) is 10.7. The first-order chi connectivity index (χ1) is 16.9. The first kappa shape index (κ1) is 25.1. The summed E-state index contributed by atoms with van der Waals surface area (Å²) in [6.07, 6.45) is 1.01. The number of methoxy groups -OCH3 is 2. The molecular weight excluding hydrogens is 530 g/mol. The minimum atomic E-state index is -0.532. The second-order valence-corrected chi connectivity index (χ2v) is 10.1. The van der Waals surface area contributed by atoms with E-state index in [1.165, 1.54) is 0 Å². The number of aryl methyl sites for hydroxylation is 1. The van der Waals surface area contributed by atoms with Crippen molar-refractivity contribution < 1.29 is 14.3 Å². The summed E-state index contributed by atoms with van der Waals surface area (Å²) in [5.41, 5.74) is 3.84. The molecule has 2 aromatic carbocycles. The summed E-state index contributed by atoms with van der Waals surface area (Å²) >= 11 is 5.18. The van der Waals surface area contributed by atoms with Crippen LogP contribution in [0.1, 0.15) is 37.4 Å². The van der Waals surface area contributed by atoms with E-state index in [2.05, 4.69) is 38.5 Å². The SMILES string of the molecule is CCCSc1nc2n(n1)C(c1cc(Br)c(OC)c(OC)c1)C(C(=O)Nc1cccc(C)c1)=C(C)N2. The van der Waals surface area contributed by atoms with E-state index in [9.17, 15) is 4.79 Å². The van der Waals surface area contributed by atoms with Gasteiger partial charge in [-0.1, -0.05) is 30.8 Å². The number of halogens is 1. The molecule has 1 atom stereocenters. The van der Waals surface area contributed by atoms with Gasteiger partial charge in [0.05, 0.1) is 24.3 Å². The molecule has 8 nitrogen and oxygen atoms in total. The Morgan fingerprint density at radius 1 is 1.23 bits per heavy atom. The van der Waals surface area contributed by atoms with Crippen molar-refractivity contribution >= 4 is 45.2 Å². The Bertz CT molecular complexity index is 1290. The lowest BCUT2D eigenvalue weighted by molar-refractivity contribution is -0.113. The van der Waals surface area contributed by atoms with Crippen molar-refractivity contribution in [3.8, 4) is 11.5 Å². The number of carbonyl (C=O) groups is 1. The predicted molar refractivity (Wildman–Crippen MR) is 143 cm³/mol. The number of benzene rings is 2. The van der Waals surface area contributed by atoms with Gasteiger partial charge in [0.1, 0.15) is 6.04 Å². The molecule has 0 saturated carbocycles. The lowest BCUT2D eigenvalue weighted by Gasteiger charge is -2.29. The van der Waals surface area contributed by atoms with E-state index in [1.807, 2.05) is 50.2 Å². The summed E-state index contributed by atoms with van der Waals surface area (Å²) in [7, 11) is 3.17. The van der Waals surface area contributed by atoms with Crippen LogP contribution in [0.4, 0.5) is 11.6 Å². The highest BCUT2D eigenvalue weighted by atomic mass is 79.9. The first-order valence-corrected chi connectivity index (χ1v) is 13.0. The van der Waals surface area contributed by atoms with E-state index in [1.54, 1.807) is 30.7 Å². The number of nitrogens with one attached hydrogen (secondary N) is 2. The molecule has 1 aliphatic rings. The van der Waals surface area contributed by atoms with Crippen LogP contribution in [-0.2, 0) is 4.79 Å². The number of hydrogen-bond donors (Lipinski definition) is 2. The molecule has 3 aromatic rings. The summed E-state index contributed by atoms with van der Waals surface area (Å²) in [5, 5.41) is 11.8. The highest BCUT2D eigenvalue weighted by molar-refractivity contribution is 9.10. The van der Waals surface area contributed by atoms with Crippen molar-refractivity contribution in [2.24, 2.45) is 0 Å². The smallest absolute Gasteiger partial charge is 0.255 e. The lowest BCUT2D eigenvalue weighted by Crippen LogP contribution is -2.31. The monoisotopic (exact) mass is 557 g/mol. The maximum absolute atomic E-state index is 13.7. The summed E-state index contributed by atoms with van der Waals surface area (Å²) in [6, 6.07) is 11.0. The highest BCUT2D eigenvalue weighted by Crippen LogP contribution is 2.43. The van der Waals surface area contributed by atoms with Gasteiger partial charge in [-0.15, -0.1) is 5.10 Å². The Hall–Kier alpha value is -2.98. The first-order valence-electron chi connectivity index (χ1n) is 11.2.